The van der Waals surface area contributed by atoms with Gasteiger partial charge in [0.1, 0.15) is 5.82 Å². The summed E-state index contributed by atoms with van der Waals surface area (Å²) in [5.41, 5.74) is 3.72. The molecule has 3 aromatic rings. The fraction of sp³-hybridized carbons (Fsp3) is 0.393. The lowest BCUT2D eigenvalue weighted by Crippen LogP contribution is -2.38. The minimum absolute atomic E-state index is 0.00975. The van der Waals surface area contributed by atoms with Gasteiger partial charge < -0.3 is 10.2 Å². The van der Waals surface area contributed by atoms with Crippen LogP contribution in [-0.4, -0.2) is 39.6 Å². The van der Waals surface area contributed by atoms with E-state index in [4.69, 9.17) is 0 Å². The number of rotatable bonds is 6. The second kappa shape index (κ2) is 10.4. The Hall–Kier alpha value is -3.48. The number of carbonyl (C=O) groups excluding carboxylic acids is 2. The van der Waals surface area contributed by atoms with E-state index >= 15 is 0 Å². The molecule has 35 heavy (non-hydrogen) atoms. The van der Waals surface area contributed by atoms with Crippen LogP contribution < -0.4 is 5.32 Å². The summed E-state index contributed by atoms with van der Waals surface area (Å²) in [4.78, 5) is 28.5. The molecule has 1 heterocycles. The second-order valence-corrected chi connectivity index (χ2v) is 9.64. The molecular weight excluding hydrogens is 443 g/mol. The van der Waals surface area contributed by atoms with Crippen molar-refractivity contribution >= 4 is 17.5 Å². The van der Waals surface area contributed by atoms with Crippen molar-refractivity contribution in [1.29, 1.82) is 0 Å². The van der Waals surface area contributed by atoms with Gasteiger partial charge in [-0.1, -0.05) is 25.3 Å². The van der Waals surface area contributed by atoms with Crippen molar-refractivity contribution < 1.29 is 14.0 Å². The topological polar surface area (TPSA) is 67.2 Å². The van der Waals surface area contributed by atoms with Crippen molar-refractivity contribution in [2.75, 3.05) is 12.4 Å². The third-order valence-electron chi connectivity index (χ3n) is 6.82. The van der Waals surface area contributed by atoms with Gasteiger partial charge in [0, 0.05) is 35.9 Å². The van der Waals surface area contributed by atoms with Crippen molar-refractivity contribution in [2.24, 2.45) is 0 Å². The van der Waals surface area contributed by atoms with E-state index in [2.05, 4.69) is 10.4 Å². The maximum absolute atomic E-state index is 13.5. The number of halogens is 1. The Morgan fingerprint density at radius 3 is 2.40 bits per heavy atom. The summed E-state index contributed by atoms with van der Waals surface area (Å²) in [6, 6.07) is 11.7. The van der Waals surface area contributed by atoms with Crippen LogP contribution in [0.3, 0.4) is 0 Å². The summed E-state index contributed by atoms with van der Waals surface area (Å²) >= 11 is 0. The summed E-state index contributed by atoms with van der Waals surface area (Å²) in [5, 5.41) is 7.35. The van der Waals surface area contributed by atoms with E-state index < -0.39 is 0 Å². The first-order valence-corrected chi connectivity index (χ1v) is 12.3. The van der Waals surface area contributed by atoms with Crippen LogP contribution in [0.1, 0.15) is 78.3 Å². The SMILES string of the molecule is Cc1ccc(NC(=O)c2cnn(C(C)C)c2-c2ccc(F)cc2)cc1C(=O)N(C)C1CCCCC1. The molecule has 7 heteroatoms. The third-order valence-corrected chi connectivity index (χ3v) is 6.82. The lowest BCUT2D eigenvalue weighted by molar-refractivity contribution is 0.0695. The molecule has 1 fully saturated rings. The molecule has 0 aliphatic heterocycles. The average Bonchev–Trinajstić information content (AvgIpc) is 3.31. The highest BCUT2D eigenvalue weighted by Crippen LogP contribution is 2.29. The number of amides is 2. The Morgan fingerprint density at radius 2 is 1.74 bits per heavy atom. The van der Waals surface area contributed by atoms with Crippen molar-refractivity contribution in [3.8, 4) is 11.3 Å². The van der Waals surface area contributed by atoms with Gasteiger partial charge in [0.05, 0.1) is 17.5 Å². The van der Waals surface area contributed by atoms with E-state index in [1.165, 1.54) is 24.8 Å². The first-order chi connectivity index (χ1) is 16.8. The van der Waals surface area contributed by atoms with Gasteiger partial charge in [0.2, 0.25) is 0 Å². The standard InChI is InChI=1S/C28H33FN4O2/c1-18(2)33-26(20-11-13-21(29)14-12-20)25(17-30-33)27(34)31-22-15-10-19(3)24(16-22)28(35)32(4)23-8-6-5-7-9-23/h10-18,23H,5-9H2,1-4H3,(H,31,34). The summed E-state index contributed by atoms with van der Waals surface area (Å²) < 4.78 is 15.3. The Morgan fingerprint density at radius 1 is 1.06 bits per heavy atom. The van der Waals surface area contributed by atoms with Crippen LogP contribution in [0.15, 0.2) is 48.7 Å². The Labute approximate surface area is 206 Å². The summed E-state index contributed by atoms with van der Waals surface area (Å²) in [5.74, 6) is -0.699. The van der Waals surface area contributed by atoms with Crippen LogP contribution in [0.2, 0.25) is 0 Å². The second-order valence-electron chi connectivity index (χ2n) is 9.64. The molecule has 0 unspecified atom stereocenters. The quantitative estimate of drug-likeness (QED) is 0.458. The number of hydrogen-bond acceptors (Lipinski definition) is 3. The molecule has 0 saturated heterocycles. The lowest BCUT2D eigenvalue weighted by Gasteiger charge is -2.31. The molecule has 1 saturated carbocycles. The number of benzene rings is 2. The van der Waals surface area contributed by atoms with Gasteiger partial charge in [0.25, 0.3) is 11.8 Å². The maximum Gasteiger partial charge on any atom is 0.259 e. The molecule has 4 rings (SSSR count). The summed E-state index contributed by atoms with van der Waals surface area (Å²) in [6.45, 7) is 5.86. The van der Waals surface area contributed by atoms with E-state index in [-0.39, 0.29) is 29.7 Å². The zero-order valence-electron chi connectivity index (χ0n) is 20.8. The number of nitrogens with zero attached hydrogens (tertiary/aromatic N) is 3. The van der Waals surface area contributed by atoms with Crippen molar-refractivity contribution in [1.82, 2.24) is 14.7 Å². The largest absolute Gasteiger partial charge is 0.339 e. The predicted molar refractivity (Wildman–Crippen MR) is 136 cm³/mol. The van der Waals surface area contributed by atoms with Crippen molar-refractivity contribution in [3.63, 3.8) is 0 Å². The Bertz CT molecular complexity index is 1210. The molecule has 1 aliphatic rings. The van der Waals surface area contributed by atoms with E-state index in [0.717, 1.165) is 31.2 Å². The molecule has 184 valence electrons. The maximum atomic E-state index is 13.5. The van der Waals surface area contributed by atoms with E-state index in [1.54, 1.807) is 28.9 Å². The van der Waals surface area contributed by atoms with Gasteiger partial charge >= 0.3 is 0 Å². The predicted octanol–water partition coefficient (Wildman–Crippen LogP) is 6.24. The first-order valence-electron chi connectivity index (χ1n) is 12.3. The van der Waals surface area contributed by atoms with Crippen LogP contribution in [0, 0.1) is 12.7 Å². The molecule has 0 radical (unpaired) electrons. The van der Waals surface area contributed by atoms with Crippen LogP contribution in [0.5, 0.6) is 0 Å². The van der Waals surface area contributed by atoms with Gasteiger partial charge in [0.15, 0.2) is 0 Å². The van der Waals surface area contributed by atoms with Gasteiger partial charge in [-0.05, 0) is 75.6 Å². The molecule has 6 nitrogen and oxygen atoms in total. The van der Waals surface area contributed by atoms with Crippen molar-refractivity contribution in [2.45, 2.75) is 65.0 Å². The molecule has 0 atom stereocenters. The summed E-state index contributed by atoms with van der Waals surface area (Å²) in [6.07, 6.45) is 7.13. The number of nitrogens with one attached hydrogen (secondary N) is 1. The van der Waals surface area contributed by atoms with Crippen LogP contribution in [0.4, 0.5) is 10.1 Å². The van der Waals surface area contributed by atoms with Crippen molar-refractivity contribution in [3.05, 3.63) is 71.2 Å². The molecule has 0 spiro atoms. The molecule has 2 aromatic carbocycles. The van der Waals surface area contributed by atoms with E-state index in [9.17, 15) is 14.0 Å². The molecule has 1 aromatic heterocycles. The number of carbonyl (C=O) groups is 2. The monoisotopic (exact) mass is 476 g/mol. The fourth-order valence-electron chi connectivity index (χ4n) is 4.77. The lowest BCUT2D eigenvalue weighted by atomic mass is 9.94. The highest BCUT2D eigenvalue weighted by Gasteiger charge is 2.25. The number of anilines is 1. The van der Waals surface area contributed by atoms with Gasteiger partial charge in [-0.2, -0.15) is 5.10 Å². The van der Waals surface area contributed by atoms with E-state index in [1.807, 2.05) is 38.8 Å². The minimum atomic E-state index is -0.342. The third kappa shape index (κ3) is 5.29. The molecular formula is C28H33FN4O2. The Kier molecular flexibility index (Phi) is 7.34. The highest BCUT2D eigenvalue weighted by molar-refractivity contribution is 6.08. The zero-order chi connectivity index (χ0) is 25.1. The van der Waals surface area contributed by atoms with Crippen LogP contribution in [-0.2, 0) is 0 Å². The van der Waals surface area contributed by atoms with Crippen LogP contribution in [0.25, 0.3) is 11.3 Å². The average molecular weight is 477 g/mol. The van der Waals surface area contributed by atoms with Gasteiger partial charge in [-0.15, -0.1) is 0 Å². The smallest absolute Gasteiger partial charge is 0.259 e. The minimum Gasteiger partial charge on any atom is -0.339 e. The number of aromatic nitrogens is 2. The van der Waals surface area contributed by atoms with Gasteiger partial charge in [-0.25, -0.2) is 4.39 Å². The van der Waals surface area contributed by atoms with Crippen LogP contribution >= 0.6 is 0 Å². The Balaban J connectivity index is 1.60. The highest BCUT2D eigenvalue weighted by atomic mass is 19.1. The molecule has 1 N–H and O–H groups in total. The number of aryl methyl sites for hydroxylation is 1. The normalized spacial score (nSPS) is 14.2. The fourth-order valence-corrected chi connectivity index (χ4v) is 4.77. The molecule has 0 bridgehead atoms. The molecule has 1 aliphatic carbocycles. The van der Waals surface area contributed by atoms with Gasteiger partial charge in [-0.3, -0.25) is 14.3 Å². The molecule has 2 amide bonds. The summed E-state index contributed by atoms with van der Waals surface area (Å²) in [7, 11) is 1.87. The van der Waals surface area contributed by atoms with E-state index in [0.29, 0.717) is 28.1 Å². The zero-order valence-corrected chi connectivity index (χ0v) is 20.8. The first kappa shape index (κ1) is 24.6. The number of hydrogen-bond donors (Lipinski definition) is 1.